The molecule has 1 atom stereocenters. The third-order valence-corrected chi connectivity index (χ3v) is 3.78. The summed E-state index contributed by atoms with van der Waals surface area (Å²) >= 11 is 0. The molecule has 0 fully saturated rings. The zero-order valence-electron chi connectivity index (χ0n) is 10.9. The van der Waals surface area contributed by atoms with Crippen molar-refractivity contribution in [3.8, 4) is 0 Å². The Morgan fingerprint density at radius 2 is 2.11 bits per heavy atom. The normalized spacial score (nSPS) is 19.7. The Balaban J connectivity index is 2.07. The largest absolute Gasteiger partial charge is 0.204 e. The van der Waals surface area contributed by atoms with Crippen molar-refractivity contribution in [1.82, 2.24) is 0 Å². The Bertz CT molecular complexity index is 435. The number of halogens is 2. The fourth-order valence-electron chi connectivity index (χ4n) is 2.64. The van der Waals surface area contributed by atoms with Gasteiger partial charge in [0.15, 0.2) is 11.6 Å². The smallest absolute Gasteiger partial charge is 0.166 e. The Morgan fingerprint density at radius 3 is 2.78 bits per heavy atom. The predicted octanol–water partition coefficient (Wildman–Crippen LogP) is 5.34. The van der Waals surface area contributed by atoms with Gasteiger partial charge in [-0.1, -0.05) is 44.4 Å². The summed E-state index contributed by atoms with van der Waals surface area (Å²) in [6, 6.07) is 4.43. The standard InChI is InChI=1S/C16H20F2/c1-2-3-5-12-8-10-13(11-9-12)14-6-4-7-15(17)16(14)18/h4,6-7,10,12H,2-3,5,8-9,11H2,1H3. The average molecular weight is 250 g/mol. The lowest BCUT2D eigenvalue weighted by atomic mass is 9.84. The topological polar surface area (TPSA) is 0 Å². The zero-order chi connectivity index (χ0) is 13.0. The van der Waals surface area contributed by atoms with Gasteiger partial charge in [0, 0.05) is 5.56 Å². The molecule has 98 valence electrons. The summed E-state index contributed by atoms with van der Waals surface area (Å²) in [7, 11) is 0. The van der Waals surface area contributed by atoms with E-state index in [2.05, 4.69) is 13.0 Å². The molecule has 1 aliphatic carbocycles. The van der Waals surface area contributed by atoms with Gasteiger partial charge in [0.1, 0.15) is 0 Å². The van der Waals surface area contributed by atoms with Gasteiger partial charge in [-0.05, 0) is 36.8 Å². The summed E-state index contributed by atoms with van der Waals surface area (Å²) in [4.78, 5) is 0. The van der Waals surface area contributed by atoms with Gasteiger partial charge in [-0.3, -0.25) is 0 Å². The minimum absolute atomic E-state index is 0.448. The number of hydrogen-bond acceptors (Lipinski definition) is 0. The van der Waals surface area contributed by atoms with Crippen LogP contribution in [0.25, 0.3) is 5.57 Å². The number of benzene rings is 1. The van der Waals surface area contributed by atoms with Crippen LogP contribution in [0.2, 0.25) is 0 Å². The fourth-order valence-corrected chi connectivity index (χ4v) is 2.64. The van der Waals surface area contributed by atoms with Gasteiger partial charge < -0.3 is 0 Å². The maximum Gasteiger partial charge on any atom is 0.166 e. The molecule has 2 heteroatoms. The van der Waals surface area contributed by atoms with Gasteiger partial charge in [-0.25, -0.2) is 8.78 Å². The SMILES string of the molecule is CCCCC1CC=C(c2cccc(F)c2F)CC1. The molecule has 1 aromatic carbocycles. The molecule has 0 heterocycles. The summed E-state index contributed by atoms with van der Waals surface area (Å²) < 4.78 is 26.8. The highest BCUT2D eigenvalue weighted by Gasteiger charge is 2.18. The van der Waals surface area contributed by atoms with E-state index in [0.717, 1.165) is 30.8 Å². The summed E-state index contributed by atoms with van der Waals surface area (Å²) in [5.74, 6) is -0.720. The molecule has 0 aliphatic heterocycles. The van der Waals surface area contributed by atoms with Gasteiger partial charge in [-0.2, -0.15) is 0 Å². The van der Waals surface area contributed by atoms with Crippen molar-refractivity contribution in [2.45, 2.75) is 45.4 Å². The highest BCUT2D eigenvalue weighted by molar-refractivity contribution is 5.66. The quantitative estimate of drug-likeness (QED) is 0.676. The van der Waals surface area contributed by atoms with E-state index < -0.39 is 11.6 Å². The minimum Gasteiger partial charge on any atom is -0.204 e. The second kappa shape index (κ2) is 6.12. The Hall–Kier alpha value is -1.18. The van der Waals surface area contributed by atoms with Crippen LogP contribution in [0.4, 0.5) is 8.78 Å². The number of allylic oxidation sites excluding steroid dienone is 2. The van der Waals surface area contributed by atoms with Crippen LogP contribution in [0.3, 0.4) is 0 Å². The van der Waals surface area contributed by atoms with Crippen molar-refractivity contribution in [3.63, 3.8) is 0 Å². The summed E-state index contributed by atoms with van der Waals surface area (Å²) in [5.41, 5.74) is 1.42. The molecule has 0 spiro atoms. The number of unbranched alkanes of at least 4 members (excludes halogenated alkanes) is 1. The van der Waals surface area contributed by atoms with E-state index in [1.165, 1.54) is 25.3 Å². The van der Waals surface area contributed by atoms with Gasteiger partial charge >= 0.3 is 0 Å². The molecular weight excluding hydrogens is 230 g/mol. The molecule has 1 unspecified atom stereocenters. The zero-order valence-corrected chi connectivity index (χ0v) is 10.9. The van der Waals surface area contributed by atoms with E-state index in [9.17, 15) is 8.78 Å². The van der Waals surface area contributed by atoms with Crippen LogP contribution < -0.4 is 0 Å². The molecule has 0 nitrogen and oxygen atoms in total. The van der Waals surface area contributed by atoms with Crippen molar-refractivity contribution < 1.29 is 8.78 Å². The van der Waals surface area contributed by atoms with Gasteiger partial charge in [0.25, 0.3) is 0 Å². The first-order valence-corrected chi connectivity index (χ1v) is 6.85. The Kier molecular flexibility index (Phi) is 4.51. The van der Waals surface area contributed by atoms with Gasteiger partial charge in [-0.15, -0.1) is 0 Å². The molecule has 0 aromatic heterocycles. The van der Waals surface area contributed by atoms with Crippen LogP contribution in [-0.4, -0.2) is 0 Å². The van der Waals surface area contributed by atoms with Crippen molar-refractivity contribution in [1.29, 1.82) is 0 Å². The molecule has 1 aliphatic rings. The van der Waals surface area contributed by atoms with Crippen molar-refractivity contribution in [2.75, 3.05) is 0 Å². The molecule has 0 saturated heterocycles. The first-order chi connectivity index (χ1) is 8.72. The van der Waals surface area contributed by atoms with Crippen LogP contribution in [0.5, 0.6) is 0 Å². The summed E-state index contributed by atoms with van der Waals surface area (Å²) in [5, 5.41) is 0. The van der Waals surface area contributed by atoms with E-state index in [1.807, 2.05) is 0 Å². The van der Waals surface area contributed by atoms with Crippen molar-refractivity contribution in [3.05, 3.63) is 41.5 Å². The molecule has 18 heavy (non-hydrogen) atoms. The molecule has 0 radical (unpaired) electrons. The first kappa shape index (κ1) is 13.3. The molecule has 0 saturated carbocycles. The number of rotatable bonds is 4. The van der Waals surface area contributed by atoms with E-state index in [4.69, 9.17) is 0 Å². The van der Waals surface area contributed by atoms with Crippen LogP contribution in [0.1, 0.15) is 51.0 Å². The molecule has 2 rings (SSSR count). The highest BCUT2D eigenvalue weighted by atomic mass is 19.2. The highest BCUT2D eigenvalue weighted by Crippen LogP contribution is 2.33. The first-order valence-electron chi connectivity index (χ1n) is 6.85. The minimum atomic E-state index is -0.749. The molecule has 1 aromatic rings. The lowest BCUT2D eigenvalue weighted by Crippen LogP contribution is -2.06. The average Bonchev–Trinajstić information content (AvgIpc) is 2.40. The number of hydrogen-bond donors (Lipinski definition) is 0. The second-order valence-corrected chi connectivity index (χ2v) is 5.11. The van der Waals surface area contributed by atoms with Crippen LogP contribution in [0.15, 0.2) is 24.3 Å². The third kappa shape index (κ3) is 2.98. The van der Waals surface area contributed by atoms with Crippen molar-refractivity contribution in [2.24, 2.45) is 5.92 Å². The third-order valence-electron chi connectivity index (χ3n) is 3.78. The summed E-state index contributed by atoms with van der Waals surface area (Å²) in [6.07, 6.45) is 8.82. The second-order valence-electron chi connectivity index (χ2n) is 5.11. The molecule has 0 bridgehead atoms. The van der Waals surface area contributed by atoms with Gasteiger partial charge in [0.05, 0.1) is 0 Å². The van der Waals surface area contributed by atoms with E-state index in [1.54, 1.807) is 12.1 Å². The Labute approximate surface area is 108 Å². The Morgan fingerprint density at radius 1 is 1.28 bits per heavy atom. The van der Waals surface area contributed by atoms with E-state index in [0.29, 0.717) is 5.56 Å². The monoisotopic (exact) mass is 250 g/mol. The maximum absolute atomic E-state index is 13.7. The lowest BCUT2D eigenvalue weighted by molar-refractivity contribution is 0.432. The van der Waals surface area contributed by atoms with E-state index >= 15 is 0 Å². The van der Waals surface area contributed by atoms with Gasteiger partial charge in [0.2, 0.25) is 0 Å². The molecular formula is C16H20F2. The summed E-state index contributed by atoms with van der Waals surface area (Å²) in [6.45, 7) is 2.20. The lowest BCUT2D eigenvalue weighted by Gasteiger charge is -2.22. The fraction of sp³-hybridized carbons (Fsp3) is 0.500. The van der Waals surface area contributed by atoms with E-state index in [-0.39, 0.29) is 0 Å². The van der Waals surface area contributed by atoms with Crippen LogP contribution >= 0.6 is 0 Å². The van der Waals surface area contributed by atoms with Crippen molar-refractivity contribution >= 4 is 5.57 Å². The molecule has 0 N–H and O–H groups in total. The predicted molar refractivity (Wildman–Crippen MR) is 71.2 cm³/mol. The van der Waals surface area contributed by atoms with Crippen LogP contribution in [-0.2, 0) is 0 Å². The van der Waals surface area contributed by atoms with Crippen LogP contribution in [0, 0.1) is 17.6 Å². The maximum atomic E-state index is 13.7. The molecule has 0 amide bonds.